The van der Waals surface area contributed by atoms with E-state index >= 15 is 0 Å². The third kappa shape index (κ3) is 2.83. The van der Waals surface area contributed by atoms with Gasteiger partial charge in [0, 0.05) is 7.05 Å². The number of nitrogens with zero attached hydrogens (tertiary/aromatic N) is 2. The van der Waals surface area contributed by atoms with Crippen LogP contribution in [0.4, 0.5) is 0 Å². The number of hydrogen-bond donors (Lipinski definition) is 0. The highest BCUT2D eigenvalue weighted by Gasteiger charge is 2.16. The minimum absolute atomic E-state index is 0.401. The maximum Gasteiger partial charge on any atom is 0.222 e. The Kier molecular flexibility index (Phi) is 4.39. The molecule has 0 aliphatic carbocycles. The molecule has 108 valence electrons. The molecule has 0 amide bonds. The lowest BCUT2D eigenvalue weighted by Gasteiger charge is -2.13. The van der Waals surface area contributed by atoms with E-state index in [4.69, 9.17) is 16.3 Å². The molecule has 0 spiro atoms. The van der Waals surface area contributed by atoms with Crippen LogP contribution in [0.1, 0.15) is 42.1 Å². The molecule has 4 heteroatoms. The predicted molar refractivity (Wildman–Crippen MR) is 82.8 cm³/mol. The lowest BCUT2D eigenvalue weighted by molar-refractivity contribution is 0.424. The summed E-state index contributed by atoms with van der Waals surface area (Å²) < 4.78 is 7.83. The van der Waals surface area contributed by atoms with Crippen LogP contribution in [0.25, 0.3) is 0 Å². The van der Waals surface area contributed by atoms with Gasteiger partial charge in [-0.05, 0) is 37.0 Å². The second-order valence-electron chi connectivity index (χ2n) is 5.41. The molecule has 0 aliphatic heterocycles. The summed E-state index contributed by atoms with van der Waals surface area (Å²) in [6.45, 7) is 8.34. The Labute approximate surface area is 125 Å². The zero-order valence-corrected chi connectivity index (χ0v) is 13.5. The van der Waals surface area contributed by atoms with Gasteiger partial charge in [0.05, 0.1) is 17.1 Å². The van der Waals surface area contributed by atoms with Gasteiger partial charge in [0.15, 0.2) is 0 Å². The normalized spacial score (nSPS) is 11.2. The quantitative estimate of drug-likeness (QED) is 0.764. The first kappa shape index (κ1) is 14.9. The van der Waals surface area contributed by atoms with Crippen LogP contribution in [0.5, 0.6) is 11.6 Å². The van der Waals surface area contributed by atoms with Crippen molar-refractivity contribution >= 4 is 11.6 Å². The van der Waals surface area contributed by atoms with Gasteiger partial charge in [-0.25, -0.2) is 4.68 Å². The van der Waals surface area contributed by atoms with Crippen molar-refractivity contribution in [2.24, 2.45) is 7.05 Å². The molecule has 2 rings (SSSR count). The molecule has 0 fully saturated rings. The highest BCUT2D eigenvalue weighted by Crippen LogP contribution is 2.32. The number of ether oxygens (including phenoxy) is 1. The molecule has 1 heterocycles. The Balaban J connectivity index is 2.42. The van der Waals surface area contributed by atoms with Gasteiger partial charge in [0.1, 0.15) is 5.75 Å². The summed E-state index contributed by atoms with van der Waals surface area (Å²) in [6.07, 6.45) is 0. The lowest BCUT2D eigenvalue weighted by Crippen LogP contribution is -1.99. The van der Waals surface area contributed by atoms with Crippen molar-refractivity contribution in [2.75, 3.05) is 0 Å². The molecule has 20 heavy (non-hydrogen) atoms. The van der Waals surface area contributed by atoms with E-state index in [2.05, 4.69) is 37.1 Å². The first-order valence-corrected chi connectivity index (χ1v) is 7.34. The highest BCUT2D eigenvalue weighted by atomic mass is 35.5. The molecule has 0 unspecified atom stereocenters. The number of benzene rings is 1. The van der Waals surface area contributed by atoms with Crippen LogP contribution in [0.3, 0.4) is 0 Å². The Morgan fingerprint density at radius 1 is 1.30 bits per heavy atom. The smallest absolute Gasteiger partial charge is 0.222 e. The summed E-state index contributed by atoms with van der Waals surface area (Å²) in [7, 11) is 1.88. The molecule has 0 bridgehead atoms. The number of aromatic nitrogens is 2. The standard InChI is InChI=1S/C16H21ClN2O/c1-10(2)13-7-6-11(3)15(8-13)20-16-14(9-17)12(4)18-19(16)5/h6-8,10H,9H2,1-5H3. The van der Waals surface area contributed by atoms with Crippen molar-refractivity contribution < 1.29 is 4.74 Å². The molecule has 2 aromatic rings. The summed E-state index contributed by atoms with van der Waals surface area (Å²) in [5.74, 6) is 2.46. The van der Waals surface area contributed by atoms with Gasteiger partial charge >= 0.3 is 0 Å². The monoisotopic (exact) mass is 292 g/mol. The first-order valence-electron chi connectivity index (χ1n) is 6.80. The molecule has 0 radical (unpaired) electrons. The number of aryl methyl sites for hydroxylation is 3. The molecular weight excluding hydrogens is 272 g/mol. The van der Waals surface area contributed by atoms with E-state index in [0.29, 0.717) is 11.8 Å². The summed E-state index contributed by atoms with van der Waals surface area (Å²) >= 11 is 6.01. The van der Waals surface area contributed by atoms with Crippen molar-refractivity contribution in [3.63, 3.8) is 0 Å². The van der Waals surface area contributed by atoms with E-state index in [9.17, 15) is 0 Å². The fourth-order valence-corrected chi connectivity index (χ4v) is 2.46. The van der Waals surface area contributed by atoms with Crippen LogP contribution in [0, 0.1) is 13.8 Å². The lowest BCUT2D eigenvalue weighted by atomic mass is 10.0. The topological polar surface area (TPSA) is 27.1 Å². The molecule has 0 N–H and O–H groups in total. The second kappa shape index (κ2) is 5.88. The van der Waals surface area contributed by atoms with Gasteiger partial charge in [-0.15, -0.1) is 11.6 Å². The van der Waals surface area contributed by atoms with Gasteiger partial charge in [0.25, 0.3) is 0 Å². The zero-order valence-electron chi connectivity index (χ0n) is 12.7. The van der Waals surface area contributed by atoms with Crippen molar-refractivity contribution in [3.05, 3.63) is 40.6 Å². The van der Waals surface area contributed by atoms with E-state index in [1.165, 1.54) is 5.56 Å². The van der Waals surface area contributed by atoms with E-state index in [0.717, 1.165) is 28.5 Å². The Hall–Kier alpha value is -1.48. The van der Waals surface area contributed by atoms with E-state index in [1.807, 2.05) is 20.9 Å². The van der Waals surface area contributed by atoms with Crippen molar-refractivity contribution in [1.82, 2.24) is 9.78 Å². The first-order chi connectivity index (χ1) is 9.43. The third-order valence-corrected chi connectivity index (χ3v) is 3.78. The fourth-order valence-electron chi connectivity index (χ4n) is 2.15. The van der Waals surface area contributed by atoms with Gasteiger partial charge in [-0.3, -0.25) is 0 Å². The van der Waals surface area contributed by atoms with Crippen LogP contribution < -0.4 is 4.74 Å². The summed E-state index contributed by atoms with van der Waals surface area (Å²) in [5.41, 5.74) is 4.23. The molecule has 1 aromatic carbocycles. The summed E-state index contributed by atoms with van der Waals surface area (Å²) in [6, 6.07) is 6.33. The maximum atomic E-state index is 6.09. The van der Waals surface area contributed by atoms with Gasteiger partial charge in [-0.1, -0.05) is 26.0 Å². The predicted octanol–water partition coefficient (Wildman–Crippen LogP) is 4.69. The Bertz CT molecular complexity index is 617. The van der Waals surface area contributed by atoms with Crippen LogP contribution in [0.15, 0.2) is 18.2 Å². The third-order valence-electron chi connectivity index (χ3n) is 3.51. The molecule has 0 saturated carbocycles. The Morgan fingerprint density at radius 2 is 2.00 bits per heavy atom. The van der Waals surface area contributed by atoms with Crippen LogP contribution in [-0.4, -0.2) is 9.78 Å². The number of alkyl halides is 1. The maximum absolute atomic E-state index is 6.09. The van der Waals surface area contributed by atoms with Gasteiger partial charge in [-0.2, -0.15) is 5.10 Å². The average molecular weight is 293 g/mol. The average Bonchev–Trinajstić information content (AvgIpc) is 2.66. The van der Waals surface area contributed by atoms with Crippen LogP contribution in [0.2, 0.25) is 0 Å². The second-order valence-corrected chi connectivity index (χ2v) is 5.68. The van der Waals surface area contributed by atoms with Crippen molar-refractivity contribution in [3.8, 4) is 11.6 Å². The van der Waals surface area contributed by atoms with E-state index in [-0.39, 0.29) is 0 Å². The van der Waals surface area contributed by atoms with Crippen molar-refractivity contribution in [1.29, 1.82) is 0 Å². The minimum atomic E-state index is 0.401. The molecule has 3 nitrogen and oxygen atoms in total. The zero-order chi connectivity index (χ0) is 14.9. The molecular formula is C16H21ClN2O. The number of halogens is 1. The number of hydrogen-bond acceptors (Lipinski definition) is 2. The Morgan fingerprint density at radius 3 is 2.60 bits per heavy atom. The van der Waals surface area contributed by atoms with Crippen molar-refractivity contribution in [2.45, 2.75) is 39.5 Å². The molecule has 0 aliphatic rings. The van der Waals surface area contributed by atoms with Crippen LogP contribution >= 0.6 is 11.6 Å². The van der Waals surface area contributed by atoms with E-state index in [1.54, 1.807) is 4.68 Å². The summed E-state index contributed by atoms with van der Waals surface area (Å²) in [4.78, 5) is 0. The van der Waals surface area contributed by atoms with E-state index < -0.39 is 0 Å². The highest BCUT2D eigenvalue weighted by molar-refractivity contribution is 6.17. The molecule has 0 atom stereocenters. The number of rotatable bonds is 4. The summed E-state index contributed by atoms with van der Waals surface area (Å²) in [5, 5.41) is 4.37. The fraction of sp³-hybridized carbons (Fsp3) is 0.438. The van der Waals surface area contributed by atoms with Gasteiger partial charge < -0.3 is 4.74 Å². The molecule has 1 aromatic heterocycles. The van der Waals surface area contributed by atoms with Crippen LogP contribution in [-0.2, 0) is 12.9 Å². The SMILES string of the molecule is Cc1ccc(C(C)C)cc1Oc1c(CCl)c(C)nn1C. The minimum Gasteiger partial charge on any atom is -0.439 e. The largest absolute Gasteiger partial charge is 0.439 e. The van der Waals surface area contributed by atoms with Gasteiger partial charge in [0.2, 0.25) is 5.88 Å². The molecule has 0 saturated heterocycles.